The molecule has 0 amide bonds. The van der Waals surface area contributed by atoms with Gasteiger partial charge in [0.1, 0.15) is 4.60 Å². The Hall–Kier alpha value is -0.0200. The molecule has 2 nitrogen and oxygen atoms in total. The summed E-state index contributed by atoms with van der Waals surface area (Å²) in [5.41, 5.74) is 1.25. The third-order valence-electron chi connectivity index (χ3n) is 2.02. The first-order valence-electron chi connectivity index (χ1n) is 3.69. The first-order valence-corrected chi connectivity index (χ1v) is 4.86. The zero-order valence-electron chi connectivity index (χ0n) is 5.98. The highest BCUT2D eigenvalue weighted by atomic mass is 79.9. The Morgan fingerprint density at radius 3 is 3.00 bits per heavy atom. The summed E-state index contributed by atoms with van der Waals surface area (Å²) in [6, 6.07) is 0. The number of aromatic nitrogens is 2. The van der Waals surface area contributed by atoms with E-state index in [0.29, 0.717) is 5.28 Å². The van der Waals surface area contributed by atoms with Crippen molar-refractivity contribution in [2.75, 3.05) is 0 Å². The molecular formula is C7H8BrClN2. The standard InChI is InChI=1S/C7H8BrClN2/c8-6-5-3-1-2-4-11(5)7(9)10-6/h1-4H2. The molecule has 0 bridgehead atoms. The molecule has 2 heterocycles. The molecule has 0 aliphatic carbocycles. The second-order valence-electron chi connectivity index (χ2n) is 2.73. The van der Waals surface area contributed by atoms with E-state index in [0.717, 1.165) is 17.6 Å². The smallest absolute Gasteiger partial charge is 0.204 e. The fourth-order valence-corrected chi connectivity index (χ4v) is 2.41. The number of nitrogens with zero attached hydrogens (tertiary/aromatic N) is 2. The van der Waals surface area contributed by atoms with Crippen molar-refractivity contribution in [1.82, 2.24) is 9.55 Å². The van der Waals surface area contributed by atoms with Crippen molar-refractivity contribution in [1.29, 1.82) is 0 Å². The van der Waals surface area contributed by atoms with Gasteiger partial charge in [0.2, 0.25) is 5.28 Å². The van der Waals surface area contributed by atoms with Crippen LogP contribution < -0.4 is 0 Å². The van der Waals surface area contributed by atoms with Crippen molar-refractivity contribution in [2.24, 2.45) is 0 Å². The quantitative estimate of drug-likeness (QED) is 0.676. The first-order chi connectivity index (χ1) is 5.29. The normalized spacial score (nSPS) is 16.5. The summed E-state index contributed by atoms with van der Waals surface area (Å²) < 4.78 is 3.00. The van der Waals surface area contributed by atoms with E-state index in [1.54, 1.807) is 0 Å². The zero-order chi connectivity index (χ0) is 7.84. The highest BCUT2D eigenvalue weighted by Gasteiger charge is 2.16. The maximum Gasteiger partial charge on any atom is 0.204 e. The minimum absolute atomic E-state index is 0.617. The molecule has 0 saturated carbocycles. The second-order valence-corrected chi connectivity index (χ2v) is 3.82. The Balaban J connectivity index is 2.52. The third-order valence-corrected chi connectivity index (χ3v) is 2.95. The maximum absolute atomic E-state index is 5.88. The molecule has 2 rings (SSSR count). The van der Waals surface area contributed by atoms with E-state index >= 15 is 0 Å². The summed E-state index contributed by atoms with van der Waals surface area (Å²) in [5.74, 6) is 0. The SMILES string of the molecule is Clc1nc(Br)c2n1CCCC2. The van der Waals surface area contributed by atoms with Crippen LogP contribution in [0.15, 0.2) is 4.60 Å². The van der Waals surface area contributed by atoms with Gasteiger partial charge in [0.15, 0.2) is 0 Å². The molecule has 0 spiro atoms. The summed E-state index contributed by atoms with van der Waals surface area (Å²) in [4.78, 5) is 4.14. The van der Waals surface area contributed by atoms with Crippen LogP contribution in [0.25, 0.3) is 0 Å². The van der Waals surface area contributed by atoms with Gasteiger partial charge < -0.3 is 4.57 Å². The zero-order valence-corrected chi connectivity index (χ0v) is 8.32. The lowest BCUT2D eigenvalue weighted by atomic mass is 10.1. The van der Waals surface area contributed by atoms with Gasteiger partial charge in [-0.05, 0) is 46.8 Å². The van der Waals surface area contributed by atoms with Gasteiger partial charge in [0.25, 0.3) is 0 Å². The van der Waals surface area contributed by atoms with Crippen LogP contribution in [0.2, 0.25) is 5.28 Å². The fraction of sp³-hybridized carbons (Fsp3) is 0.571. The number of fused-ring (bicyclic) bond motifs is 1. The molecule has 0 fully saturated rings. The van der Waals surface area contributed by atoms with Crippen molar-refractivity contribution in [3.63, 3.8) is 0 Å². The third kappa shape index (κ3) is 1.20. The highest BCUT2D eigenvalue weighted by molar-refractivity contribution is 9.10. The minimum Gasteiger partial charge on any atom is -0.318 e. The van der Waals surface area contributed by atoms with E-state index in [-0.39, 0.29) is 0 Å². The molecule has 11 heavy (non-hydrogen) atoms. The van der Waals surface area contributed by atoms with E-state index in [2.05, 4.69) is 25.5 Å². The van der Waals surface area contributed by atoms with E-state index in [4.69, 9.17) is 11.6 Å². The Morgan fingerprint density at radius 1 is 1.45 bits per heavy atom. The summed E-state index contributed by atoms with van der Waals surface area (Å²) >= 11 is 9.27. The number of hydrogen-bond acceptors (Lipinski definition) is 1. The van der Waals surface area contributed by atoms with Gasteiger partial charge in [-0.15, -0.1) is 0 Å². The van der Waals surface area contributed by atoms with Gasteiger partial charge >= 0.3 is 0 Å². The van der Waals surface area contributed by atoms with Crippen LogP contribution in [-0.4, -0.2) is 9.55 Å². The molecule has 1 aromatic heterocycles. The molecule has 0 N–H and O–H groups in total. The van der Waals surface area contributed by atoms with Gasteiger partial charge in [-0.2, -0.15) is 0 Å². The minimum atomic E-state index is 0.617. The molecule has 1 aliphatic rings. The Morgan fingerprint density at radius 2 is 2.27 bits per heavy atom. The summed E-state index contributed by atoms with van der Waals surface area (Å²) in [6.07, 6.45) is 3.57. The summed E-state index contributed by atoms with van der Waals surface area (Å²) in [7, 11) is 0. The average Bonchev–Trinajstić information content (AvgIpc) is 2.30. The molecular weight excluding hydrogens is 227 g/mol. The molecule has 1 aliphatic heterocycles. The van der Waals surface area contributed by atoms with Crippen LogP contribution >= 0.6 is 27.5 Å². The lowest BCUT2D eigenvalue weighted by Gasteiger charge is -2.14. The largest absolute Gasteiger partial charge is 0.318 e. The molecule has 0 atom stereocenters. The second kappa shape index (κ2) is 2.79. The number of hydrogen-bond donors (Lipinski definition) is 0. The van der Waals surface area contributed by atoms with E-state index in [1.807, 2.05) is 0 Å². The van der Waals surface area contributed by atoms with Crippen molar-refractivity contribution in [3.05, 3.63) is 15.6 Å². The maximum atomic E-state index is 5.88. The molecule has 4 heteroatoms. The van der Waals surface area contributed by atoms with Crippen LogP contribution in [-0.2, 0) is 13.0 Å². The molecule has 1 aromatic rings. The molecule has 0 saturated heterocycles. The van der Waals surface area contributed by atoms with Crippen molar-refractivity contribution < 1.29 is 0 Å². The summed E-state index contributed by atoms with van der Waals surface area (Å²) in [5, 5.41) is 0.617. The molecule has 0 radical (unpaired) electrons. The number of rotatable bonds is 0. The van der Waals surface area contributed by atoms with Gasteiger partial charge in [0.05, 0.1) is 5.69 Å². The molecule has 0 unspecified atom stereocenters. The van der Waals surface area contributed by atoms with Gasteiger partial charge in [-0.25, -0.2) is 4.98 Å². The van der Waals surface area contributed by atoms with Gasteiger partial charge in [0, 0.05) is 6.54 Å². The lowest BCUT2D eigenvalue weighted by molar-refractivity contribution is 0.531. The van der Waals surface area contributed by atoms with Crippen LogP contribution in [0.1, 0.15) is 18.5 Å². The molecule has 60 valence electrons. The predicted molar refractivity (Wildman–Crippen MR) is 47.9 cm³/mol. The number of imidazole rings is 1. The van der Waals surface area contributed by atoms with Crippen molar-refractivity contribution in [3.8, 4) is 0 Å². The Labute approximate surface area is 78.7 Å². The predicted octanol–water partition coefficient (Wildman–Crippen LogP) is 2.64. The van der Waals surface area contributed by atoms with Gasteiger partial charge in [-0.1, -0.05) is 0 Å². The first kappa shape index (κ1) is 7.62. The average molecular weight is 236 g/mol. The highest BCUT2D eigenvalue weighted by Crippen LogP contribution is 2.26. The van der Waals surface area contributed by atoms with Crippen LogP contribution in [0.3, 0.4) is 0 Å². The van der Waals surface area contributed by atoms with E-state index in [9.17, 15) is 0 Å². The van der Waals surface area contributed by atoms with Crippen molar-refractivity contribution >= 4 is 27.5 Å². The lowest BCUT2D eigenvalue weighted by Crippen LogP contribution is -2.09. The Kier molecular flexibility index (Phi) is 1.93. The van der Waals surface area contributed by atoms with Crippen molar-refractivity contribution in [2.45, 2.75) is 25.8 Å². The van der Waals surface area contributed by atoms with Crippen LogP contribution in [0, 0.1) is 0 Å². The Bertz CT molecular complexity index is 256. The van der Waals surface area contributed by atoms with Crippen LogP contribution in [0.5, 0.6) is 0 Å². The summed E-state index contributed by atoms with van der Waals surface area (Å²) in [6.45, 7) is 1.02. The van der Waals surface area contributed by atoms with E-state index < -0.39 is 0 Å². The topological polar surface area (TPSA) is 17.8 Å². The number of halogens is 2. The fourth-order valence-electron chi connectivity index (χ4n) is 1.46. The van der Waals surface area contributed by atoms with Gasteiger partial charge in [-0.3, -0.25) is 0 Å². The van der Waals surface area contributed by atoms with E-state index in [1.165, 1.54) is 18.5 Å². The monoisotopic (exact) mass is 234 g/mol. The van der Waals surface area contributed by atoms with Crippen LogP contribution in [0.4, 0.5) is 0 Å². The molecule has 0 aromatic carbocycles.